The van der Waals surface area contributed by atoms with Crippen molar-refractivity contribution in [2.75, 3.05) is 11.9 Å². The van der Waals surface area contributed by atoms with Gasteiger partial charge in [0.15, 0.2) is 5.57 Å². The summed E-state index contributed by atoms with van der Waals surface area (Å²) >= 11 is 5.79. The van der Waals surface area contributed by atoms with Crippen LogP contribution in [0.3, 0.4) is 0 Å². The average Bonchev–Trinajstić information content (AvgIpc) is 3.01. The Morgan fingerprint density at radius 3 is 2.58 bits per heavy atom. The maximum absolute atomic E-state index is 9.10. The molecule has 8 heteroatoms. The van der Waals surface area contributed by atoms with Crippen LogP contribution in [-0.4, -0.2) is 16.4 Å². The number of anilines is 1. The maximum Gasteiger partial charge on any atom is 0.163 e. The number of nitriles is 3. The summed E-state index contributed by atoms with van der Waals surface area (Å²) in [7, 11) is 0. The SMILES string of the molecule is N#CC(C#N)=C(C#N)Nc1ccccc1OCCn1cc(Cl)cn1. The maximum atomic E-state index is 9.10. The fraction of sp³-hybridized carbons (Fsp3) is 0.125. The second-order valence-electron chi connectivity index (χ2n) is 4.48. The van der Waals surface area contributed by atoms with Gasteiger partial charge in [-0.1, -0.05) is 23.7 Å². The molecule has 0 radical (unpaired) electrons. The number of para-hydroxylation sites is 2. The highest BCUT2D eigenvalue weighted by Crippen LogP contribution is 2.25. The molecule has 0 saturated heterocycles. The van der Waals surface area contributed by atoms with Crippen LogP contribution in [0.1, 0.15) is 0 Å². The van der Waals surface area contributed by atoms with E-state index in [1.165, 1.54) is 6.20 Å². The van der Waals surface area contributed by atoms with E-state index < -0.39 is 0 Å². The lowest BCUT2D eigenvalue weighted by molar-refractivity contribution is 0.292. The van der Waals surface area contributed by atoms with E-state index in [0.717, 1.165) is 0 Å². The summed E-state index contributed by atoms with van der Waals surface area (Å²) in [5, 5.41) is 34.2. The Morgan fingerprint density at radius 2 is 1.96 bits per heavy atom. The first kappa shape index (κ1) is 16.9. The highest BCUT2D eigenvalue weighted by molar-refractivity contribution is 6.30. The van der Waals surface area contributed by atoms with Crippen molar-refractivity contribution in [1.82, 2.24) is 9.78 Å². The van der Waals surface area contributed by atoms with E-state index in [-0.39, 0.29) is 11.3 Å². The van der Waals surface area contributed by atoms with E-state index in [9.17, 15) is 0 Å². The first-order valence-corrected chi connectivity index (χ1v) is 7.17. The van der Waals surface area contributed by atoms with Crippen molar-refractivity contribution in [2.24, 2.45) is 0 Å². The smallest absolute Gasteiger partial charge is 0.163 e. The van der Waals surface area contributed by atoms with Crippen LogP contribution >= 0.6 is 11.6 Å². The number of rotatable bonds is 6. The summed E-state index contributed by atoms with van der Waals surface area (Å²) in [5.41, 5.74) is 0.0592. The summed E-state index contributed by atoms with van der Waals surface area (Å²) in [6, 6.07) is 12.1. The molecule has 2 rings (SSSR count). The van der Waals surface area contributed by atoms with Crippen LogP contribution in [0, 0.1) is 34.0 Å². The lowest BCUT2D eigenvalue weighted by Gasteiger charge is -2.12. The molecule has 0 aliphatic carbocycles. The number of hydrogen-bond donors (Lipinski definition) is 1. The topological polar surface area (TPSA) is 110 Å². The highest BCUT2D eigenvalue weighted by Gasteiger charge is 2.09. The third kappa shape index (κ3) is 4.27. The third-order valence-electron chi connectivity index (χ3n) is 2.91. The zero-order chi connectivity index (χ0) is 17.4. The molecule has 0 aliphatic rings. The number of halogens is 1. The number of hydrogen-bond acceptors (Lipinski definition) is 6. The zero-order valence-corrected chi connectivity index (χ0v) is 13.2. The number of nitrogens with one attached hydrogen (secondary N) is 1. The van der Waals surface area contributed by atoms with E-state index in [1.54, 1.807) is 53.4 Å². The minimum absolute atomic E-state index is 0.130. The van der Waals surface area contributed by atoms with E-state index in [2.05, 4.69) is 10.4 Å². The van der Waals surface area contributed by atoms with Gasteiger partial charge in [-0.05, 0) is 12.1 Å². The summed E-state index contributed by atoms with van der Waals surface area (Å²) in [5.74, 6) is 0.485. The van der Waals surface area contributed by atoms with Gasteiger partial charge in [-0.15, -0.1) is 0 Å². The summed E-state index contributed by atoms with van der Waals surface area (Å²) in [4.78, 5) is 0. The Morgan fingerprint density at radius 1 is 1.21 bits per heavy atom. The molecule has 0 fully saturated rings. The number of ether oxygens (including phenoxy) is 1. The van der Waals surface area contributed by atoms with E-state index in [0.29, 0.717) is 29.6 Å². The lowest BCUT2D eigenvalue weighted by Crippen LogP contribution is -2.10. The molecular formula is C16H11ClN6O. The van der Waals surface area contributed by atoms with Gasteiger partial charge in [-0.2, -0.15) is 20.9 Å². The van der Waals surface area contributed by atoms with Crippen LogP contribution in [0.25, 0.3) is 0 Å². The van der Waals surface area contributed by atoms with Crippen molar-refractivity contribution >= 4 is 17.3 Å². The predicted octanol–water partition coefficient (Wildman–Crippen LogP) is 2.85. The van der Waals surface area contributed by atoms with Gasteiger partial charge in [-0.25, -0.2) is 0 Å². The molecular weight excluding hydrogens is 328 g/mol. The van der Waals surface area contributed by atoms with E-state index in [4.69, 9.17) is 32.1 Å². The number of nitrogens with zero attached hydrogens (tertiary/aromatic N) is 5. The van der Waals surface area contributed by atoms with Crippen molar-refractivity contribution in [3.63, 3.8) is 0 Å². The second kappa shape index (κ2) is 8.24. The fourth-order valence-corrected chi connectivity index (χ4v) is 1.98. The van der Waals surface area contributed by atoms with E-state index in [1.807, 2.05) is 0 Å². The number of aromatic nitrogens is 2. The molecule has 24 heavy (non-hydrogen) atoms. The normalized spacial score (nSPS) is 9.25. The van der Waals surface area contributed by atoms with Gasteiger partial charge >= 0.3 is 0 Å². The van der Waals surface area contributed by atoms with Gasteiger partial charge in [0.1, 0.15) is 36.3 Å². The molecule has 1 aromatic heterocycles. The molecule has 0 saturated carbocycles. The van der Waals surface area contributed by atoms with E-state index >= 15 is 0 Å². The molecule has 1 heterocycles. The molecule has 0 amide bonds. The number of benzene rings is 1. The van der Waals surface area contributed by atoms with Crippen molar-refractivity contribution in [2.45, 2.75) is 6.54 Å². The molecule has 7 nitrogen and oxygen atoms in total. The Bertz CT molecular complexity index is 865. The van der Waals surface area contributed by atoms with Crippen LogP contribution in [0.15, 0.2) is 47.9 Å². The molecule has 0 spiro atoms. The van der Waals surface area contributed by atoms with Gasteiger partial charge in [-0.3, -0.25) is 4.68 Å². The van der Waals surface area contributed by atoms with Gasteiger partial charge < -0.3 is 10.1 Å². The summed E-state index contributed by atoms with van der Waals surface area (Å²) in [6.07, 6.45) is 3.21. The van der Waals surface area contributed by atoms with Crippen LogP contribution in [0.4, 0.5) is 5.69 Å². The van der Waals surface area contributed by atoms with Gasteiger partial charge in [0.25, 0.3) is 0 Å². The van der Waals surface area contributed by atoms with Crippen molar-refractivity contribution in [3.8, 4) is 24.0 Å². The molecule has 0 unspecified atom stereocenters. The Hall–Kier alpha value is -3.47. The third-order valence-corrected chi connectivity index (χ3v) is 3.11. The van der Waals surface area contributed by atoms with Gasteiger partial charge in [0, 0.05) is 6.20 Å². The standard InChI is InChI=1S/C16H11ClN6O/c17-13-10-21-23(11-13)5-6-24-16-4-2-1-3-14(16)22-15(9-20)12(7-18)8-19/h1-4,10-11,22H,5-6H2. The van der Waals surface area contributed by atoms with Crippen molar-refractivity contribution in [3.05, 3.63) is 53.0 Å². The largest absolute Gasteiger partial charge is 0.489 e. The molecule has 2 aromatic rings. The Kier molecular flexibility index (Phi) is 5.80. The monoisotopic (exact) mass is 338 g/mol. The predicted molar refractivity (Wildman–Crippen MR) is 86.7 cm³/mol. The average molecular weight is 339 g/mol. The molecule has 118 valence electrons. The molecule has 0 bridgehead atoms. The van der Waals surface area contributed by atoms with Gasteiger partial charge in [0.05, 0.1) is 23.5 Å². The minimum atomic E-state index is -0.293. The Labute approximate surface area is 143 Å². The fourth-order valence-electron chi connectivity index (χ4n) is 1.82. The molecule has 0 atom stereocenters. The molecule has 1 N–H and O–H groups in total. The van der Waals surface area contributed by atoms with Crippen LogP contribution < -0.4 is 10.1 Å². The van der Waals surface area contributed by atoms with Gasteiger partial charge in [0.2, 0.25) is 0 Å². The highest BCUT2D eigenvalue weighted by atomic mass is 35.5. The van der Waals surface area contributed by atoms with Crippen LogP contribution in [0.2, 0.25) is 5.02 Å². The van der Waals surface area contributed by atoms with Crippen LogP contribution in [-0.2, 0) is 6.54 Å². The first-order valence-electron chi connectivity index (χ1n) is 6.79. The Balaban J connectivity index is 2.10. The zero-order valence-electron chi connectivity index (χ0n) is 12.4. The van der Waals surface area contributed by atoms with Crippen molar-refractivity contribution in [1.29, 1.82) is 15.8 Å². The summed E-state index contributed by atoms with van der Waals surface area (Å²) in [6.45, 7) is 0.815. The molecule has 0 aliphatic heterocycles. The number of allylic oxidation sites excluding steroid dienone is 2. The minimum Gasteiger partial charge on any atom is -0.489 e. The summed E-state index contributed by atoms with van der Waals surface area (Å²) < 4.78 is 7.32. The molecule has 1 aromatic carbocycles. The van der Waals surface area contributed by atoms with Crippen molar-refractivity contribution < 1.29 is 4.74 Å². The van der Waals surface area contributed by atoms with Crippen LogP contribution in [0.5, 0.6) is 5.75 Å². The lowest BCUT2D eigenvalue weighted by atomic mass is 10.2. The first-order chi connectivity index (χ1) is 11.7. The quantitative estimate of drug-likeness (QED) is 0.811. The second-order valence-corrected chi connectivity index (χ2v) is 4.91.